The number of benzene rings is 2. The van der Waals surface area contributed by atoms with Crippen molar-refractivity contribution in [2.75, 3.05) is 17.7 Å². The van der Waals surface area contributed by atoms with Gasteiger partial charge in [0.2, 0.25) is 0 Å². The first-order valence-electron chi connectivity index (χ1n) is 6.52. The second kappa shape index (κ2) is 5.43. The van der Waals surface area contributed by atoms with Crippen molar-refractivity contribution in [3.8, 4) is 6.07 Å². The van der Waals surface area contributed by atoms with Gasteiger partial charge in [0, 0.05) is 19.3 Å². The maximum atomic E-state index is 8.95. The molecule has 3 aromatic rings. The number of rotatable bonds is 3. The van der Waals surface area contributed by atoms with Crippen molar-refractivity contribution >= 4 is 32.4 Å². The van der Waals surface area contributed by atoms with Crippen molar-refractivity contribution in [2.24, 2.45) is 0 Å². The monoisotopic (exact) mass is 294 g/mol. The fourth-order valence-corrected chi connectivity index (χ4v) is 3.15. The molecule has 0 spiro atoms. The van der Waals surface area contributed by atoms with E-state index in [0.29, 0.717) is 12.1 Å². The molecule has 21 heavy (non-hydrogen) atoms. The van der Waals surface area contributed by atoms with Crippen LogP contribution in [0.3, 0.4) is 0 Å². The van der Waals surface area contributed by atoms with E-state index in [4.69, 9.17) is 11.0 Å². The van der Waals surface area contributed by atoms with Crippen LogP contribution in [-0.4, -0.2) is 12.0 Å². The Hall–Kier alpha value is -2.58. The van der Waals surface area contributed by atoms with Gasteiger partial charge in [-0.25, -0.2) is 4.98 Å². The van der Waals surface area contributed by atoms with Gasteiger partial charge in [-0.1, -0.05) is 23.5 Å². The molecule has 5 heteroatoms. The van der Waals surface area contributed by atoms with Gasteiger partial charge in [0.15, 0.2) is 5.13 Å². The van der Waals surface area contributed by atoms with Gasteiger partial charge in [-0.15, -0.1) is 0 Å². The number of hydrogen-bond donors (Lipinski definition) is 1. The van der Waals surface area contributed by atoms with Crippen LogP contribution in [0.4, 0.5) is 10.8 Å². The summed E-state index contributed by atoms with van der Waals surface area (Å²) in [5.74, 6) is 0. The molecule has 0 saturated carbocycles. The van der Waals surface area contributed by atoms with E-state index in [9.17, 15) is 0 Å². The van der Waals surface area contributed by atoms with E-state index in [-0.39, 0.29) is 0 Å². The predicted octanol–water partition coefficient (Wildman–Crippen LogP) is 3.39. The second-order valence-corrected chi connectivity index (χ2v) is 5.90. The van der Waals surface area contributed by atoms with E-state index >= 15 is 0 Å². The van der Waals surface area contributed by atoms with Crippen LogP contribution in [0.2, 0.25) is 0 Å². The standard InChI is InChI=1S/C16H14N4S/c1-20(10-12-4-2-3-11(7-12)9-17)16-19-14-6-5-13(18)8-15(14)21-16/h2-8H,10,18H2,1H3. The third-order valence-electron chi connectivity index (χ3n) is 3.20. The van der Waals surface area contributed by atoms with E-state index < -0.39 is 0 Å². The Labute approximate surface area is 127 Å². The number of fused-ring (bicyclic) bond motifs is 1. The zero-order chi connectivity index (χ0) is 14.8. The van der Waals surface area contributed by atoms with Crippen LogP contribution >= 0.6 is 11.3 Å². The predicted molar refractivity (Wildman–Crippen MR) is 87.3 cm³/mol. The summed E-state index contributed by atoms with van der Waals surface area (Å²) in [6.07, 6.45) is 0. The first-order chi connectivity index (χ1) is 10.2. The van der Waals surface area contributed by atoms with Crippen LogP contribution in [0.15, 0.2) is 42.5 Å². The number of nitriles is 1. The van der Waals surface area contributed by atoms with Crippen LogP contribution < -0.4 is 10.6 Å². The Balaban J connectivity index is 1.86. The highest BCUT2D eigenvalue weighted by Gasteiger charge is 2.09. The fourth-order valence-electron chi connectivity index (χ4n) is 2.17. The molecule has 2 N–H and O–H groups in total. The summed E-state index contributed by atoms with van der Waals surface area (Å²) in [6, 6.07) is 15.5. The Morgan fingerprint density at radius 2 is 2.14 bits per heavy atom. The number of hydrogen-bond acceptors (Lipinski definition) is 5. The molecule has 0 radical (unpaired) electrons. The van der Waals surface area contributed by atoms with Gasteiger partial charge < -0.3 is 10.6 Å². The van der Waals surface area contributed by atoms with Gasteiger partial charge in [0.25, 0.3) is 0 Å². The van der Waals surface area contributed by atoms with Crippen molar-refractivity contribution < 1.29 is 0 Å². The smallest absolute Gasteiger partial charge is 0.186 e. The number of anilines is 2. The molecule has 0 atom stereocenters. The van der Waals surface area contributed by atoms with Crippen LogP contribution in [0.1, 0.15) is 11.1 Å². The van der Waals surface area contributed by atoms with Gasteiger partial charge in [-0.3, -0.25) is 0 Å². The van der Waals surface area contributed by atoms with Gasteiger partial charge in [-0.2, -0.15) is 5.26 Å². The van der Waals surface area contributed by atoms with Crippen molar-refractivity contribution in [1.29, 1.82) is 5.26 Å². The molecular weight excluding hydrogens is 280 g/mol. The van der Waals surface area contributed by atoms with Crippen LogP contribution in [-0.2, 0) is 6.54 Å². The SMILES string of the molecule is CN(Cc1cccc(C#N)c1)c1nc2ccc(N)cc2s1. The van der Waals surface area contributed by atoms with Crippen molar-refractivity contribution in [3.63, 3.8) is 0 Å². The molecular formula is C16H14N4S. The highest BCUT2D eigenvalue weighted by Crippen LogP contribution is 2.30. The molecule has 2 aromatic carbocycles. The molecule has 1 aromatic heterocycles. The molecule has 3 rings (SSSR count). The molecule has 0 bridgehead atoms. The number of nitrogens with two attached hydrogens (primary N) is 1. The Bertz CT molecular complexity index is 832. The molecule has 0 aliphatic heterocycles. The number of aromatic nitrogens is 1. The zero-order valence-electron chi connectivity index (χ0n) is 11.6. The highest BCUT2D eigenvalue weighted by atomic mass is 32.1. The van der Waals surface area contributed by atoms with Gasteiger partial charge in [-0.05, 0) is 35.9 Å². The van der Waals surface area contributed by atoms with Crippen LogP contribution in [0.5, 0.6) is 0 Å². The molecule has 0 unspecified atom stereocenters. The normalized spacial score (nSPS) is 10.5. The molecule has 1 heterocycles. The number of nitrogen functional groups attached to an aromatic ring is 1. The van der Waals surface area contributed by atoms with E-state index in [0.717, 1.165) is 26.6 Å². The lowest BCUT2D eigenvalue weighted by Gasteiger charge is -2.15. The number of thiazole rings is 1. The average Bonchev–Trinajstić information content (AvgIpc) is 2.90. The minimum Gasteiger partial charge on any atom is -0.399 e. The van der Waals surface area contributed by atoms with Gasteiger partial charge >= 0.3 is 0 Å². The van der Waals surface area contributed by atoms with Crippen molar-refractivity contribution in [3.05, 3.63) is 53.6 Å². The Kier molecular flexibility index (Phi) is 3.46. The van der Waals surface area contributed by atoms with Crippen LogP contribution in [0, 0.1) is 11.3 Å². The largest absolute Gasteiger partial charge is 0.399 e. The molecule has 104 valence electrons. The first-order valence-corrected chi connectivity index (χ1v) is 7.33. The summed E-state index contributed by atoms with van der Waals surface area (Å²) in [7, 11) is 2.00. The fraction of sp³-hybridized carbons (Fsp3) is 0.125. The Morgan fingerprint density at radius 1 is 1.29 bits per heavy atom. The highest BCUT2D eigenvalue weighted by molar-refractivity contribution is 7.22. The van der Waals surface area contributed by atoms with E-state index in [1.54, 1.807) is 11.3 Å². The molecule has 0 amide bonds. The lowest BCUT2D eigenvalue weighted by atomic mass is 10.1. The second-order valence-electron chi connectivity index (χ2n) is 4.89. The van der Waals surface area contributed by atoms with E-state index in [1.165, 1.54) is 0 Å². The maximum absolute atomic E-state index is 8.95. The Morgan fingerprint density at radius 3 is 2.95 bits per heavy atom. The lowest BCUT2D eigenvalue weighted by Crippen LogP contribution is -2.15. The minimum absolute atomic E-state index is 0.679. The lowest BCUT2D eigenvalue weighted by molar-refractivity contribution is 0.917. The summed E-state index contributed by atoms with van der Waals surface area (Å²) in [4.78, 5) is 6.70. The molecule has 0 aliphatic carbocycles. The zero-order valence-corrected chi connectivity index (χ0v) is 12.4. The molecule has 0 saturated heterocycles. The number of nitrogens with zero attached hydrogens (tertiary/aromatic N) is 3. The first kappa shape index (κ1) is 13.4. The summed E-state index contributed by atoms with van der Waals surface area (Å²) < 4.78 is 1.09. The van der Waals surface area contributed by atoms with Gasteiger partial charge in [0.1, 0.15) is 0 Å². The molecule has 4 nitrogen and oxygen atoms in total. The molecule has 0 aliphatic rings. The summed E-state index contributed by atoms with van der Waals surface area (Å²) in [6.45, 7) is 0.713. The summed E-state index contributed by atoms with van der Waals surface area (Å²) >= 11 is 1.62. The van der Waals surface area contributed by atoms with Crippen molar-refractivity contribution in [2.45, 2.75) is 6.54 Å². The maximum Gasteiger partial charge on any atom is 0.186 e. The summed E-state index contributed by atoms with van der Waals surface area (Å²) in [5.41, 5.74) is 9.28. The minimum atomic E-state index is 0.679. The quantitative estimate of drug-likeness (QED) is 0.752. The van der Waals surface area contributed by atoms with Crippen molar-refractivity contribution in [1.82, 2.24) is 4.98 Å². The van der Waals surface area contributed by atoms with E-state index in [1.807, 2.05) is 49.5 Å². The topological polar surface area (TPSA) is 65.9 Å². The van der Waals surface area contributed by atoms with E-state index in [2.05, 4.69) is 16.0 Å². The molecule has 0 fully saturated rings. The average molecular weight is 294 g/mol. The van der Waals surface area contributed by atoms with Gasteiger partial charge in [0.05, 0.1) is 21.8 Å². The third kappa shape index (κ3) is 2.81. The van der Waals surface area contributed by atoms with Crippen LogP contribution in [0.25, 0.3) is 10.2 Å². The third-order valence-corrected chi connectivity index (χ3v) is 4.34. The summed E-state index contributed by atoms with van der Waals surface area (Å²) in [5, 5.41) is 9.89.